The first-order valence-electron chi connectivity index (χ1n) is 32.7. The van der Waals surface area contributed by atoms with Gasteiger partial charge in [0.15, 0.2) is 0 Å². The molecule has 0 aromatic carbocycles. The molecule has 0 bridgehead atoms. The molecule has 0 spiro atoms. The molecule has 0 radical (unpaired) electrons. The van der Waals surface area contributed by atoms with Crippen LogP contribution in [0.2, 0.25) is 0 Å². The summed E-state index contributed by atoms with van der Waals surface area (Å²) in [7, 11) is 0. The lowest BCUT2D eigenvalue weighted by Crippen LogP contribution is -2.45. The molecule has 0 aromatic rings. The standard InChI is InChI=1S/C67H127NO5/c1-3-5-7-9-11-13-15-17-18-19-20-21-22-23-24-26-29-32-36-39-43-47-51-55-59-65(70)64(63-69)68-66(71)60-56-52-48-44-40-37-33-30-27-25-28-31-34-38-42-46-50-54-58-62-73-67(72)61-57-53-49-45-41-35-16-14-12-10-8-6-4-2/h8,10,14,16,25,27,64-65,69-70H,3-7,9,11-13,15,17-24,26,28-63H2,1-2H3,(H,68,71)/b10-8-,16-14-,27-25-. The number of hydrogen-bond donors (Lipinski definition) is 3. The van der Waals surface area contributed by atoms with E-state index < -0.39 is 12.1 Å². The van der Waals surface area contributed by atoms with Crippen molar-refractivity contribution >= 4 is 11.9 Å². The molecule has 0 aliphatic carbocycles. The molecule has 1 amide bonds. The maximum atomic E-state index is 12.5. The fraction of sp³-hybridized carbons (Fsp3) is 0.881. The number of carbonyl (C=O) groups excluding carboxylic acids is 2. The Morgan fingerprint density at radius 3 is 1.11 bits per heavy atom. The first kappa shape index (κ1) is 71.1. The maximum Gasteiger partial charge on any atom is 0.305 e. The Kier molecular flexibility index (Phi) is 61.0. The Bertz CT molecular complexity index is 1180. The summed E-state index contributed by atoms with van der Waals surface area (Å²) >= 11 is 0. The van der Waals surface area contributed by atoms with Crippen LogP contribution in [0, 0.1) is 0 Å². The van der Waals surface area contributed by atoms with Crippen LogP contribution in [-0.4, -0.2) is 47.4 Å². The highest BCUT2D eigenvalue weighted by atomic mass is 16.5. The minimum atomic E-state index is -0.673. The molecule has 0 rings (SSSR count). The summed E-state index contributed by atoms with van der Waals surface area (Å²) in [5.41, 5.74) is 0. The Balaban J connectivity index is 3.44. The zero-order chi connectivity index (χ0) is 52.9. The summed E-state index contributed by atoms with van der Waals surface area (Å²) in [6, 6.07) is -0.551. The van der Waals surface area contributed by atoms with Crippen molar-refractivity contribution in [1.29, 1.82) is 0 Å². The number of ether oxygens (including phenoxy) is 1. The molecule has 0 heterocycles. The first-order chi connectivity index (χ1) is 36.0. The fourth-order valence-electron chi connectivity index (χ4n) is 10.1. The number of nitrogens with one attached hydrogen (secondary N) is 1. The van der Waals surface area contributed by atoms with Crippen molar-refractivity contribution in [3.63, 3.8) is 0 Å². The van der Waals surface area contributed by atoms with E-state index in [-0.39, 0.29) is 18.5 Å². The number of unbranched alkanes of at least 4 members (excludes halogenated alkanes) is 44. The predicted octanol–water partition coefficient (Wildman–Crippen LogP) is 20.8. The zero-order valence-electron chi connectivity index (χ0n) is 49.1. The number of rotatable bonds is 61. The Morgan fingerprint density at radius 2 is 0.712 bits per heavy atom. The molecule has 430 valence electrons. The Morgan fingerprint density at radius 1 is 0.384 bits per heavy atom. The van der Waals surface area contributed by atoms with Crippen LogP contribution in [0.5, 0.6) is 0 Å². The van der Waals surface area contributed by atoms with Crippen molar-refractivity contribution in [1.82, 2.24) is 5.32 Å². The van der Waals surface area contributed by atoms with Gasteiger partial charge in [-0.1, -0.05) is 301 Å². The van der Waals surface area contributed by atoms with Crippen molar-refractivity contribution in [3.05, 3.63) is 36.5 Å². The van der Waals surface area contributed by atoms with E-state index in [9.17, 15) is 19.8 Å². The second-order valence-corrected chi connectivity index (χ2v) is 22.4. The van der Waals surface area contributed by atoms with Crippen molar-refractivity contribution in [2.45, 2.75) is 366 Å². The quantitative estimate of drug-likeness (QED) is 0.0320. The summed E-state index contributed by atoms with van der Waals surface area (Å²) in [6.07, 6.45) is 78.8. The number of carbonyl (C=O) groups is 2. The van der Waals surface area contributed by atoms with Gasteiger partial charge in [0.2, 0.25) is 5.91 Å². The lowest BCUT2D eigenvalue weighted by molar-refractivity contribution is -0.143. The van der Waals surface area contributed by atoms with Gasteiger partial charge in [-0.05, 0) is 77.0 Å². The van der Waals surface area contributed by atoms with Gasteiger partial charge in [-0.25, -0.2) is 0 Å². The molecule has 0 saturated heterocycles. The van der Waals surface area contributed by atoms with E-state index in [1.807, 2.05) is 0 Å². The van der Waals surface area contributed by atoms with Crippen LogP contribution in [0.1, 0.15) is 354 Å². The van der Waals surface area contributed by atoms with Gasteiger partial charge in [0.05, 0.1) is 25.4 Å². The highest BCUT2D eigenvalue weighted by molar-refractivity contribution is 5.76. The zero-order valence-corrected chi connectivity index (χ0v) is 49.1. The molecule has 0 fully saturated rings. The van der Waals surface area contributed by atoms with Crippen LogP contribution in [0.3, 0.4) is 0 Å². The number of amides is 1. The van der Waals surface area contributed by atoms with Crippen LogP contribution in [-0.2, 0) is 14.3 Å². The number of esters is 1. The van der Waals surface area contributed by atoms with Crippen LogP contribution >= 0.6 is 0 Å². The summed E-state index contributed by atoms with van der Waals surface area (Å²) in [6.45, 7) is 4.89. The van der Waals surface area contributed by atoms with E-state index in [0.717, 1.165) is 57.8 Å². The minimum absolute atomic E-state index is 0.0109. The molecular weight excluding hydrogens is 899 g/mol. The van der Waals surface area contributed by atoms with Crippen molar-refractivity contribution in [2.75, 3.05) is 13.2 Å². The molecular formula is C67H127NO5. The topological polar surface area (TPSA) is 95.9 Å². The number of aliphatic hydroxyl groups is 2. The normalized spacial score (nSPS) is 12.8. The van der Waals surface area contributed by atoms with Gasteiger partial charge in [0, 0.05) is 12.8 Å². The minimum Gasteiger partial charge on any atom is -0.466 e. The highest BCUT2D eigenvalue weighted by Crippen LogP contribution is 2.18. The van der Waals surface area contributed by atoms with Crippen molar-refractivity contribution in [3.8, 4) is 0 Å². The second kappa shape index (κ2) is 62.6. The molecule has 2 unspecified atom stereocenters. The van der Waals surface area contributed by atoms with E-state index >= 15 is 0 Å². The lowest BCUT2D eigenvalue weighted by Gasteiger charge is -2.22. The van der Waals surface area contributed by atoms with E-state index in [1.165, 1.54) is 263 Å². The predicted molar refractivity (Wildman–Crippen MR) is 319 cm³/mol. The smallest absolute Gasteiger partial charge is 0.305 e. The van der Waals surface area contributed by atoms with Gasteiger partial charge >= 0.3 is 5.97 Å². The first-order valence-corrected chi connectivity index (χ1v) is 32.7. The molecule has 6 nitrogen and oxygen atoms in total. The summed E-state index contributed by atoms with van der Waals surface area (Å²) in [4.78, 5) is 24.6. The van der Waals surface area contributed by atoms with Crippen LogP contribution in [0.25, 0.3) is 0 Å². The summed E-state index contributed by atoms with van der Waals surface area (Å²) in [5, 5.41) is 23.4. The second-order valence-electron chi connectivity index (χ2n) is 22.4. The third-order valence-corrected chi connectivity index (χ3v) is 15.1. The maximum absolute atomic E-state index is 12.5. The van der Waals surface area contributed by atoms with Gasteiger partial charge in [-0.3, -0.25) is 9.59 Å². The van der Waals surface area contributed by atoms with Crippen molar-refractivity contribution in [2.24, 2.45) is 0 Å². The third kappa shape index (κ3) is 59.2. The van der Waals surface area contributed by atoms with Gasteiger partial charge in [0.1, 0.15) is 0 Å². The highest BCUT2D eigenvalue weighted by Gasteiger charge is 2.20. The summed E-state index contributed by atoms with van der Waals surface area (Å²) in [5.74, 6) is -0.0524. The lowest BCUT2D eigenvalue weighted by atomic mass is 10.0. The molecule has 73 heavy (non-hydrogen) atoms. The van der Waals surface area contributed by atoms with E-state index in [4.69, 9.17) is 4.74 Å². The molecule has 0 saturated carbocycles. The third-order valence-electron chi connectivity index (χ3n) is 15.1. The van der Waals surface area contributed by atoms with Gasteiger partial charge in [0.25, 0.3) is 0 Å². The average molecular weight is 1030 g/mol. The number of allylic oxidation sites excluding steroid dienone is 6. The molecule has 0 aliphatic heterocycles. The SMILES string of the molecule is CCC/C=C\C/C=C\CCCCCCCC(=O)OCCCCCCCCCC/C=C\CCCCCCCCCC(=O)NC(CO)C(O)CCCCCCCCCCCCCCCCCCCCCCCCCC. The Labute approximate surface area is 455 Å². The molecule has 0 aliphatic rings. The molecule has 6 heteroatoms. The molecule has 0 aromatic heterocycles. The molecule has 2 atom stereocenters. The van der Waals surface area contributed by atoms with Gasteiger partial charge < -0.3 is 20.3 Å². The largest absolute Gasteiger partial charge is 0.466 e. The fourth-order valence-corrected chi connectivity index (χ4v) is 10.1. The average Bonchev–Trinajstić information content (AvgIpc) is 3.39. The van der Waals surface area contributed by atoms with Crippen LogP contribution < -0.4 is 5.32 Å². The Hall–Kier alpha value is -1.92. The van der Waals surface area contributed by atoms with Gasteiger partial charge in [-0.15, -0.1) is 0 Å². The number of aliphatic hydroxyl groups excluding tert-OH is 2. The number of hydrogen-bond acceptors (Lipinski definition) is 5. The van der Waals surface area contributed by atoms with E-state index in [0.29, 0.717) is 25.9 Å². The van der Waals surface area contributed by atoms with E-state index in [2.05, 4.69) is 55.6 Å². The van der Waals surface area contributed by atoms with E-state index in [1.54, 1.807) is 0 Å². The molecule has 3 N–H and O–H groups in total. The van der Waals surface area contributed by atoms with Crippen LogP contribution in [0.4, 0.5) is 0 Å². The van der Waals surface area contributed by atoms with Gasteiger partial charge in [-0.2, -0.15) is 0 Å². The summed E-state index contributed by atoms with van der Waals surface area (Å²) < 4.78 is 5.46. The van der Waals surface area contributed by atoms with Crippen molar-refractivity contribution < 1.29 is 24.5 Å². The van der Waals surface area contributed by atoms with Crippen LogP contribution in [0.15, 0.2) is 36.5 Å². The monoisotopic (exact) mass is 1030 g/mol.